The number of thiophene rings is 1. The fraction of sp³-hybridized carbons (Fsp3) is 0.200. The van der Waals surface area contributed by atoms with Crippen molar-refractivity contribution in [3.63, 3.8) is 0 Å². The molecular weight excluding hydrogens is 376 g/mol. The molecule has 3 heterocycles. The van der Waals surface area contributed by atoms with Crippen LogP contribution in [0.25, 0.3) is 21.7 Å². The van der Waals surface area contributed by atoms with E-state index in [0.717, 1.165) is 10.4 Å². The summed E-state index contributed by atoms with van der Waals surface area (Å²) < 4.78 is 12.4. The average Bonchev–Trinajstić information content (AvgIpc) is 3.26. The van der Waals surface area contributed by atoms with Crippen molar-refractivity contribution < 1.29 is 9.47 Å². The molecule has 28 heavy (non-hydrogen) atoms. The monoisotopic (exact) mass is 394 g/mol. The number of ether oxygens (including phenoxy) is 2. The number of hydrogen-bond donors (Lipinski definition) is 0. The van der Waals surface area contributed by atoms with E-state index in [1.807, 2.05) is 47.8 Å². The molecule has 8 heteroatoms. The largest absolute Gasteiger partial charge is 0.459 e. The molecule has 0 saturated heterocycles. The fourth-order valence-corrected chi connectivity index (χ4v) is 3.48. The third-order valence-corrected chi connectivity index (χ3v) is 5.02. The third-order valence-electron chi connectivity index (χ3n) is 4.15. The van der Waals surface area contributed by atoms with Crippen LogP contribution in [-0.4, -0.2) is 33.2 Å². The molecule has 0 atom stereocenters. The van der Waals surface area contributed by atoms with Crippen LogP contribution in [0, 0.1) is 0 Å². The standard InChI is InChI=1S/C20H18N4O3S/c1-26-10-9-24-18-15(22-17(19(24)25)16-8-5-11-28-16)12-21-20(23-18)27-13-14-6-3-2-4-7-14/h2-8,11-12H,9-10,13H2,1H3. The van der Waals surface area contributed by atoms with Crippen LogP contribution in [0.15, 0.2) is 58.8 Å². The van der Waals surface area contributed by atoms with Gasteiger partial charge in [0.05, 0.1) is 24.2 Å². The second-order valence-electron chi connectivity index (χ2n) is 6.02. The molecule has 0 bridgehead atoms. The summed E-state index contributed by atoms with van der Waals surface area (Å²) in [7, 11) is 1.60. The van der Waals surface area contributed by atoms with E-state index < -0.39 is 0 Å². The Bertz CT molecular complexity index is 1130. The number of aromatic nitrogens is 4. The number of fused-ring (bicyclic) bond motifs is 1. The van der Waals surface area contributed by atoms with Gasteiger partial charge in [-0.25, -0.2) is 9.97 Å². The molecule has 0 N–H and O–H groups in total. The third kappa shape index (κ3) is 3.78. The summed E-state index contributed by atoms with van der Waals surface area (Å²) in [6.45, 7) is 1.09. The first-order valence-electron chi connectivity index (χ1n) is 8.73. The summed E-state index contributed by atoms with van der Waals surface area (Å²) in [6.07, 6.45) is 1.59. The van der Waals surface area contributed by atoms with Gasteiger partial charge in [0.15, 0.2) is 5.65 Å². The van der Waals surface area contributed by atoms with Crippen molar-refractivity contribution in [3.05, 3.63) is 70.0 Å². The van der Waals surface area contributed by atoms with E-state index in [4.69, 9.17) is 9.47 Å². The maximum absolute atomic E-state index is 13.0. The van der Waals surface area contributed by atoms with Crippen LogP contribution in [-0.2, 0) is 17.9 Å². The molecule has 7 nitrogen and oxygen atoms in total. The zero-order valence-electron chi connectivity index (χ0n) is 15.2. The Morgan fingerprint density at radius 1 is 1.11 bits per heavy atom. The lowest BCUT2D eigenvalue weighted by atomic mass is 10.2. The van der Waals surface area contributed by atoms with E-state index >= 15 is 0 Å². The Kier molecular flexibility index (Phi) is 5.41. The lowest BCUT2D eigenvalue weighted by Gasteiger charge is -2.11. The van der Waals surface area contributed by atoms with Crippen molar-refractivity contribution in [2.75, 3.05) is 13.7 Å². The van der Waals surface area contributed by atoms with Crippen LogP contribution in [0.5, 0.6) is 6.01 Å². The maximum atomic E-state index is 13.0. The quantitative estimate of drug-likeness (QED) is 0.479. The van der Waals surface area contributed by atoms with E-state index in [1.54, 1.807) is 17.9 Å². The topological polar surface area (TPSA) is 79.1 Å². The first-order chi connectivity index (χ1) is 13.8. The van der Waals surface area contributed by atoms with Crippen LogP contribution >= 0.6 is 11.3 Å². The number of methoxy groups -OCH3 is 1. The van der Waals surface area contributed by atoms with E-state index in [9.17, 15) is 4.79 Å². The molecule has 0 fully saturated rings. The first kappa shape index (κ1) is 18.3. The fourth-order valence-electron chi connectivity index (χ4n) is 2.78. The van der Waals surface area contributed by atoms with Gasteiger partial charge in [-0.1, -0.05) is 36.4 Å². The Morgan fingerprint density at radius 2 is 1.96 bits per heavy atom. The highest BCUT2D eigenvalue weighted by Gasteiger charge is 2.16. The molecule has 0 aliphatic heterocycles. The highest BCUT2D eigenvalue weighted by molar-refractivity contribution is 7.13. The molecule has 142 valence electrons. The lowest BCUT2D eigenvalue weighted by molar-refractivity contribution is 0.187. The summed E-state index contributed by atoms with van der Waals surface area (Å²) in [5.41, 5.74) is 2.15. The predicted octanol–water partition coefficient (Wildman–Crippen LogP) is 3.14. The van der Waals surface area contributed by atoms with Crippen molar-refractivity contribution in [2.24, 2.45) is 0 Å². The zero-order valence-corrected chi connectivity index (χ0v) is 16.1. The predicted molar refractivity (Wildman–Crippen MR) is 108 cm³/mol. The van der Waals surface area contributed by atoms with Crippen LogP contribution in [0.1, 0.15) is 5.56 Å². The molecular formula is C20H18N4O3S. The number of rotatable bonds is 7. The summed E-state index contributed by atoms with van der Waals surface area (Å²) in [5, 5.41) is 1.91. The van der Waals surface area contributed by atoms with Crippen LogP contribution in [0.2, 0.25) is 0 Å². The minimum absolute atomic E-state index is 0.201. The SMILES string of the molecule is COCCn1c(=O)c(-c2cccs2)nc2cnc(OCc3ccccc3)nc21. The molecule has 0 aliphatic carbocycles. The van der Waals surface area contributed by atoms with E-state index in [-0.39, 0.29) is 11.6 Å². The number of hydrogen-bond acceptors (Lipinski definition) is 7. The van der Waals surface area contributed by atoms with Gasteiger partial charge < -0.3 is 9.47 Å². The highest BCUT2D eigenvalue weighted by atomic mass is 32.1. The molecule has 0 amide bonds. The zero-order chi connectivity index (χ0) is 19.3. The van der Waals surface area contributed by atoms with Gasteiger partial charge >= 0.3 is 6.01 Å². The first-order valence-corrected chi connectivity index (χ1v) is 9.61. The molecule has 0 spiro atoms. The van der Waals surface area contributed by atoms with Crippen molar-refractivity contribution in [2.45, 2.75) is 13.2 Å². The van der Waals surface area contributed by atoms with Gasteiger partial charge in [0, 0.05) is 7.11 Å². The summed E-state index contributed by atoms with van der Waals surface area (Å²) in [6, 6.07) is 13.7. The second kappa shape index (κ2) is 8.28. The minimum Gasteiger partial charge on any atom is -0.459 e. The van der Waals surface area contributed by atoms with Crippen molar-refractivity contribution >= 4 is 22.5 Å². The molecule has 0 aliphatic rings. The van der Waals surface area contributed by atoms with Gasteiger partial charge in [-0.3, -0.25) is 9.36 Å². The highest BCUT2D eigenvalue weighted by Crippen LogP contribution is 2.22. The van der Waals surface area contributed by atoms with Gasteiger partial charge in [0.2, 0.25) is 0 Å². The van der Waals surface area contributed by atoms with Crippen LogP contribution < -0.4 is 10.3 Å². The number of nitrogens with zero attached hydrogens (tertiary/aromatic N) is 4. The van der Waals surface area contributed by atoms with E-state index in [1.165, 1.54) is 11.3 Å². The number of benzene rings is 1. The normalized spacial score (nSPS) is 11.0. The molecule has 1 aromatic carbocycles. The van der Waals surface area contributed by atoms with Crippen molar-refractivity contribution in [1.82, 2.24) is 19.5 Å². The minimum atomic E-state index is -0.209. The van der Waals surface area contributed by atoms with Gasteiger partial charge in [-0.2, -0.15) is 4.98 Å². The van der Waals surface area contributed by atoms with Gasteiger partial charge in [0.1, 0.15) is 17.8 Å². The van der Waals surface area contributed by atoms with Crippen molar-refractivity contribution in [3.8, 4) is 16.6 Å². The van der Waals surface area contributed by atoms with Gasteiger partial charge in [-0.05, 0) is 17.0 Å². The smallest absolute Gasteiger partial charge is 0.318 e. The van der Waals surface area contributed by atoms with E-state index in [0.29, 0.717) is 36.6 Å². The Morgan fingerprint density at radius 3 is 2.71 bits per heavy atom. The molecule has 4 aromatic rings. The lowest BCUT2D eigenvalue weighted by Crippen LogP contribution is -2.26. The molecule has 0 saturated carbocycles. The van der Waals surface area contributed by atoms with Crippen molar-refractivity contribution in [1.29, 1.82) is 0 Å². The molecule has 0 unspecified atom stereocenters. The van der Waals surface area contributed by atoms with E-state index in [2.05, 4.69) is 15.0 Å². The summed E-state index contributed by atoms with van der Waals surface area (Å²) in [4.78, 5) is 27.0. The Hall–Kier alpha value is -3.10. The van der Waals surface area contributed by atoms with Gasteiger partial charge in [0.25, 0.3) is 5.56 Å². The average molecular weight is 394 g/mol. The maximum Gasteiger partial charge on any atom is 0.318 e. The van der Waals surface area contributed by atoms with Crippen LogP contribution in [0.4, 0.5) is 0 Å². The second-order valence-corrected chi connectivity index (χ2v) is 6.97. The van der Waals surface area contributed by atoms with Crippen LogP contribution in [0.3, 0.4) is 0 Å². The molecule has 4 rings (SSSR count). The molecule has 0 radical (unpaired) electrons. The summed E-state index contributed by atoms with van der Waals surface area (Å²) >= 11 is 1.47. The Balaban J connectivity index is 1.74. The summed E-state index contributed by atoms with van der Waals surface area (Å²) in [5.74, 6) is 0. The van der Waals surface area contributed by atoms with Gasteiger partial charge in [-0.15, -0.1) is 11.3 Å². The molecule has 3 aromatic heterocycles. The Labute approximate surface area is 165 Å².